The number of carbonyl (C=O) groups is 2. The minimum Gasteiger partial charge on any atom is -0.333 e. The molecule has 6 nitrogen and oxygen atoms in total. The summed E-state index contributed by atoms with van der Waals surface area (Å²) in [7, 11) is 0. The van der Waals surface area contributed by atoms with Crippen molar-refractivity contribution in [2.24, 2.45) is 17.3 Å². The van der Waals surface area contributed by atoms with E-state index in [1.807, 2.05) is 17.0 Å². The molecule has 1 N–H and O–H groups in total. The maximum atomic E-state index is 13.9. The number of rotatable bonds is 7. The van der Waals surface area contributed by atoms with Crippen molar-refractivity contribution < 1.29 is 14.0 Å². The molecule has 4 aliphatic rings. The smallest absolute Gasteiger partial charge is 0.322 e. The van der Waals surface area contributed by atoms with Crippen LogP contribution in [0.1, 0.15) is 37.0 Å². The number of benzene rings is 2. The fourth-order valence-corrected chi connectivity index (χ4v) is 6.34. The minimum atomic E-state index is -0.448. The summed E-state index contributed by atoms with van der Waals surface area (Å²) < 4.78 is 13.9. The van der Waals surface area contributed by atoms with E-state index in [1.54, 1.807) is 35.2 Å². The average Bonchev–Trinajstić information content (AvgIpc) is 2.92. The maximum Gasteiger partial charge on any atom is 0.322 e. The van der Waals surface area contributed by atoms with Crippen LogP contribution in [-0.4, -0.2) is 72.5 Å². The molecule has 2 atom stereocenters. The van der Waals surface area contributed by atoms with E-state index in [0.717, 1.165) is 12.3 Å². The van der Waals surface area contributed by atoms with Crippen LogP contribution in [0, 0.1) is 23.1 Å². The monoisotopic (exact) mass is 538 g/mol. The predicted octanol–water partition coefficient (Wildman–Crippen LogP) is 5.76. The molecule has 1 saturated heterocycles. The fraction of sp³-hybridized carbons (Fsp3) is 0.467. The zero-order valence-electron chi connectivity index (χ0n) is 22.1. The predicted molar refractivity (Wildman–Crippen MR) is 149 cm³/mol. The molecular weight excluding hydrogens is 503 g/mol. The Balaban J connectivity index is 1.20. The van der Waals surface area contributed by atoms with Crippen LogP contribution in [0.4, 0.5) is 14.9 Å². The number of nitrogens with zero attached hydrogens (tertiary/aromatic N) is 3. The molecule has 0 radical (unpaired) electrons. The van der Waals surface area contributed by atoms with E-state index < -0.39 is 5.82 Å². The molecule has 3 aliphatic carbocycles. The number of anilines is 1. The van der Waals surface area contributed by atoms with Crippen molar-refractivity contribution >= 4 is 29.2 Å². The number of piperazine rings is 1. The molecule has 0 spiro atoms. The third-order valence-electron chi connectivity index (χ3n) is 8.81. The van der Waals surface area contributed by atoms with Gasteiger partial charge in [0.25, 0.3) is 5.91 Å². The lowest BCUT2D eigenvalue weighted by molar-refractivity contribution is -0.0105. The van der Waals surface area contributed by atoms with E-state index >= 15 is 0 Å². The first-order chi connectivity index (χ1) is 18.2. The van der Waals surface area contributed by atoms with Gasteiger partial charge in [-0.05, 0) is 54.4 Å². The van der Waals surface area contributed by atoms with Crippen LogP contribution in [-0.2, 0) is 0 Å². The molecule has 1 aliphatic heterocycles. The van der Waals surface area contributed by atoms with Crippen LogP contribution >= 0.6 is 11.6 Å². The van der Waals surface area contributed by atoms with Crippen LogP contribution in [0.3, 0.4) is 0 Å². The Morgan fingerprint density at radius 2 is 1.79 bits per heavy atom. The Bertz CT molecular complexity index is 1220. The van der Waals surface area contributed by atoms with Crippen LogP contribution in [0.25, 0.3) is 0 Å². The van der Waals surface area contributed by atoms with Crippen molar-refractivity contribution in [3.63, 3.8) is 0 Å². The van der Waals surface area contributed by atoms with Crippen LogP contribution in [0.5, 0.6) is 0 Å². The van der Waals surface area contributed by atoms with Gasteiger partial charge in [0.15, 0.2) is 0 Å². The van der Waals surface area contributed by atoms with Gasteiger partial charge in [-0.1, -0.05) is 61.4 Å². The number of carbonyl (C=O) groups excluding carboxylic acids is 2. The topological polar surface area (TPSA) is 55.9 Å². The standard InChI is InChI=1S/C30H36ClFN4O2/c1-30(2)22-12-11-21(24(30)19-22)20-36(28(37)23-7-3-4-8-25(23)31)18-15-34-13-16-35(17-14-34)29(38)33-27-10-6-5-9-26(27)32/h3-11,22,24H,12-20H2,1-2H3,(H,33,38). The number of hydrogen-bond donors (Lipinski definition) is 1. The minimum absolute atomic E-state index is 0.0429. The number of nitrogens with one attached hydrogen (secondary N) is 1. The number of fused-ring (bicyclic) bond motifs is 1. The van der Waals surface area contributed by atoms with Crippen molar-refractivity contribution in [3.05, 3.63) is 76.6 Å². The molecule has 1 saturated carbocycles. The van der Waals surface area contributed by atoms with Crippen molar-refractivity contribution in [2.75, 3.05) is 51.1 Å². The molecule has 2 unspecified atom stereocenters. The summed E-state index contributed by atoms with van der Waals surface area (Å²) >= 11 is 6.41. The lowest BCUT2D eigenvalue weighted by Gasteiger charge is -2.57. The third-order valence-corrected chi connectivity index (χ3v) is 9.14. The van der Waals surface area contributed by atoms with Gasteiger partial charge in [-0.2, -0.15) is 0 Å². The summed E-state index contributed by atoms with van der Waals surface area (Å²) in [6.45, 7) is 9.08. The first kappa shape index (κ1) is 26.7. The molecule has 38 heavy (non-hydrogen) atoms. The second-order valence-electron chi connectivity index (χ2n) is 11.3. The number of allylic oxidation sites excluding steroid dienone is 1. The largest absolute Gasteiger partial charge is 0.333 e. The second-order valence-corrected chi connectivity index (χ2v) is 11.7. The van der Waals surface area contributed by atoms with Gasteiger partial charge in [-0.3, -0.25) is 9.69 Å². The molecule has 2 bridgehead atoms. The normalized spacial score (nSPS) is 22.3. The van der Waals surface area contributed by atoms with Gasteiger partial charge in [-0.15, -0.1) is 0 Å². The molecule has 2 aromatic rings. The highest BCUT2D eigenvalue weighted by atomic mass is 35.5. The highest BCUT2D eigenvalue weighted by Gasteiger charge is 2.51. The first-order valence-corrected chi connectivity index (χ1v) is 13.9. The molecular formula is C30H36ClFN4O2. The van der Waals surface area contributed by atoms with Crippen molar-refractivity contribution in [1.29, 1.82) is 0 Å². The van der Waals surface area contributed by atoms with Crippen LogP contribution in [0.15, 0.2) is 60.2 Å². The molecule has 2 fully saturated rings. The second kappa shape index (κ2) is 11.1. The Kier molecular flexibility index (Phi) is 7.78. The summed E-state index contributed by atoms with van der Waals surface area (Å²) in [5.41, 5.74) is 2.38. The molecule has 202 valence electrons. The van der Waals surface area contributed by atoms with Crippen molar-refractivity contribution in [3.8, 4) is 0 Å². The van der Waals surface area contributed by atoms with Gasteiger partial charge < -0.3 is 15.1 Å². The SMILES string of the molecule is CC1(C)C2CC=C(CN(CCN3CCN(C(=O)Nc4ccccc4F)CC3)C(=O)c3ccccc3Cl)C1C2. The summed E-state index contributed by atoms with van der Waals surface area (Å²) in [4.78, 5) is 32.2. The first-order valence-electron chi connectivity index (χ1n) is 13.5. The Hall–Kier alpha value is -2.90. The molecule has 1 heterocycles. The zero-order valence-corrected chi connectivity index (χ0v) is 22.9. The number of para-hydroxylation sites is 1. The highest BCUT2D eigenvalue weighted by Crippen LogP contribution is 2.59. The van der Waals surface area contributed by atoms with E-state index in [4.69, 9.17) is 11.6 Å². The summed E-state index contributed by atoms with van der Waals surface area (Å²) in [6, 6.07) is 13.1. The molecule has 2 aromatic carbocycles. The summed E-state index contributed by atoms with van der Waals surface area (Å²) in [5.74, 6) is 0.783. The lowest BCUT2D eigenvalue weighted by atomic mass is 9.49. The number of halogens is 2. The van der Waals surface area contributed by atoms with E-state index in [9.17, 15) is 14.0 Å². The molecule has 3 amide bonds. The maximum absolute atomic E-state index is 13.9. The molecule has 0 aromatic heterocycles. The van der Waals surface area contributed by atoms with E-state index in [2.05, 4.69) is 30.1 Å². The number of urea groups is 1. The molecule has 6 rings (SSSR count). The van der Waals surface area contributed by atoms with E-state index in [0.29, 0.717) is 67.7 Å². The van der Waals surface area contributed by atoms with E-state index in [-0.39, 0.29) is 17.6 Å². The average molecular weight is 539 g/mol. The quantitative estimate of drug-likeness (QED) is 0.456. The Labute approximate surface area is 229 Å². The van der Waals surface area contributed by atoms with E-state index in [1.165, 1.54) is 18.1 Å². The fourth-order valence-electron chi connectivity index (χ4n) is 6.13. The van der Waals surface area contributed by atoms with Crippen LogP contribution in [0.2, 0.25) is 5.02 Å². The van der Waals surface area contributed by atoms with Gasteiger partial charge >= 0.3 is 6.03 Å². The van der Waals surface area contributed by atoms with Gasteiger partial charge in [0.05, 0.1) is 16.3 Å². The van der Waals surface area contributed by atoms with Crippen LogP contribution < -0.4 is 5.32 Å². The third kappa shape index (κ3) is 5.45. The molecule has 8 heteroatoms. The van der Waals surface area contributed by atoms with Gasteiger partial charge in [0.1, 0.15) is 5.82 Å². The lowest BCUT2D eigenvalue weighted by Crippen LogP contribution is -2.53. The summed E-state index contributed by atoms with van der Waals surface area (Å²) in [5, 5.41) is 3.14. The van der Waals surface area contributed by atoms with Crippen molar-refractivity contribution in [2.45, 2.75) is 26.7 Å². The Morgan fingerprint density at radius 3 is 2.47 bits per heavy atom. The Morgan fingerprint density at radius 1 is 1.08 bits per heavy atom. The van der Waals surface area contributed by atoms with Gasteiger partial charge in [-0.25, -0.2) is 9.18 Å². The zero-order chi connectivity index (χ0) is 26.9. The highest BCUT2D eigenvalue weighted by molar-refractivity contribution is 6.33. The van der Waals surface area contributed by atoms with Gasteiger partial charge in [0.2, 0.25) is 0 Å². The van der Waals surface area contributed by atoms with Crippen molar-refractivity contribution in [1.82, 2.24) is 14.7 Å². The van der Waals surface area contributed by atoms with Gasteiger partial charge in [0, 0.05) is 45.8 Å². The number of hydrogen-bond acceptors (Lipinski definition) is 3. The summed E-state index contributed by atoms with van der Waals surface area (Å²) in [6.07, 6.45) is 4.65. The number of amides is 3.